The third-order valence-electron chi connectivity index (χ3n) is 2.44. The molecule has 1 heterocycles. The lowest BCUT2D eigenvalue weighted by molar-refractivity contribution is 1.06. The van der Waals surface area contributed by atoms with Gasteiger partial charge in [-0.05, 0) is 42.8 Å². The summed E-state index contributed by atoms with van der Waals surface area (Å²) in [7, 11) is 0. The van der Waals surface area contributed by atoms with Gasteiger partial charge in [0.1, 0.15) is 0 Å². The van der Waals surface area contributed by atoms with Gasteiger partial charge < -0.3 is 5.32 Å². The van der Waals surface area contributed by atoms with Crippen LogP contribution in [0, 0.1) is 6.92 Å². The Labute approximate surface area is 104 Å². The van der Waals surface area contributed by atoms with Gasteiger partial charge in [0.2, 0.25) is 0 Å². The molecule has 0 unspecified atom stereocenters. The van der Waals surface area contributed by atoms with Crippen LogP contribution in [0.5, 0.6) is 0 Å². The van der Waals surface area contributed by atoms with Gasteiger partial charge in [-0.15, -0.1) is 0 Å². The Kier molecular flexibility index (Phi) is 3.57. The molecule has 0 aliphatic carbocycles. The molecule has 3 heteroatoms. The molecule has 0 aliphatic rings. The average molecular weight is 277 g/mol. The van der Waals surface area contributed by atoms with Crippen LogP contribution in [0.15, 0.2) is 47.1 Å². The Morgan fingerprint density at radius 2 is 1.94 bits per heavy atom. The van der Waals surface area contributed by atoms with Crippen LogP contribution in [0.3, 0.4) is 0 Å². The number of anilines is 1. The smallest absolute Gasteiger partial charge is 0.0422 e. The van der Waals surface area contributed by atoms with Crippen molar-refractivity contribution in [2.24, 2.45) is 0 Å². The summed E-state index contributed by atoms with van der Waals surface area (Å²) in [5.41, 5.74) is 3.42. The number of pyridine rings is 1. The second-order valence-electron chi connectivity index (χ2n) is 3.61. The SMILES string of the molecule is Cc1ncccc1CNc1ccc(Br)cc1. The van der Waals surface area contributed by atoms with Gasteiger partial charge in [-0.25, -0.2) is 0 Å². The van der Waals surface area contributed by atoms with Gasteiger partial charge in [0.05, 0.1) is 0 Å². The first-order valence-electron chi connectivity index (χ1n) is 5.15. The fraction of sp³-hybridized carbons (Fsp3) is 0.154. The summed E-state index contributed by atoms with van der Waals surface area (Å²) in [6.07, 6.45) is 1.82. The summed E-state index contributed by atoms with van der Waals surface area (Å²) in [5, 5.41) is 3.37. The molecule has 2 aromatic rings. The first kappa shape index (κ1) is 11.1. The zero-order valence-electron chi connectivity index (χ0n) is 9.07. The van der Waals surface area contributed by atoms with Crippen LogP contribution in [-0.4, -0.2) is 4.98 Å². The van der Waals surface area contributed by atoms with Crippen LogP contribution in [0.25, 0.3) is 0 Å². The van der Waals surface area contributed by atoms with Crippen molar-refractivity contribution < 1.29 is 0 Å². The zero-order valence-corrected chi connectivity index (χ0v) is 10.7. The normalized spacial score (nSPS) is 10.1. The van der Waals surface area contributed by atoms with Crippen molar-refractivity contribution in [3.8, 4) is 0 Å². The van der Waals surface area contributed by atoms with E-state index in [0.29, 0.717) is 0 Å². The van der Waals surface area contributed by atoms with E-state index < -0.39 is 0 Å². The fourth-order valence-corrected chi connectivity index (χ4v) is 1.73. The van der Waals surface area contributed by atoms with Crippen LogP contribution >= 0.6 is 15.9 Å². The van der Waals surface area contributed by atoms with Crippen LogP contribution < -0.4 is 5.32 Å². The maximum atomic E-state index is 4.26. The van der Waals surface area contributed by atoms with E-state index in [1.807, 2.05) is 31.3 Å². The highest BCUT2D eigenvalue weighted by molar-refractivity contribution is 9.10. The van der Waals surface area contributed by atoms with E-state index >= 15 is 0 Å². The van der Waals surface area contributed by atoms with Gasteiger partial charge in [-0.2, -0.15) is 0 Å². The summed E-state index contributed by atoms with van der Waals surface area (Å²) in [6.45, 7) is 2.83. The van der Waals surface area contributed by atoms with Crippen LogP contribution in [0.4, 0.5) is 5.69 Å². The lowest BCUT2D eigenvalue weighted by atomic mass is 10.2. The van der Waals surface area contributed by atoms with Crippen molar-refractivity contribution >= 4 is 21.6 Å². The maximum Gasteiger partial charge on any atom is 0.0422 e. The van der Waals surface area contributed by atoms with Crippen molar-refractivity contribution in [3.63, 3.8) is 0 Å². The maximum absolute atomic E-state index is 4.26. The summed E-state index contributed by atoms with van der Waals surface area (Å²) in [4.78, 5) is 4.26. The molecular weight excluding hydrogens is 264 g/mol. The van der Waals surface area contributed by atoms with E-state index in [4.69, 9.17) is 0 Å². The topological polar surface area (TPSA) is 24.9 Å². The Hall–Kier alpha value is -1.35. The molecule has 0 saturated carbocycles. The predicted molar refractivity (Wildman–Crippen MR) is 70.4 cm³/mol. The van der Waals surface area contributed by atoms with Gasteiger partial charge in [-0.3, -0.25) is 4.98 Å². The molecule has 0 atom stereocenters. The molecule has 2 rings (SSSR count). The fourth-order valence-electron chi connectivity index (χ4n) is 1.47. The monoisotopic (exact) mass is 276 g/mol. The molecule has 82 valence electrons. The highest BCUT2D eigenvalue weighted by Crippen LogP contribution is 2.15. The summed E-state index contributed by atoms with van der Waals surface area (Å²) >= 11 is 3.42. The standard InChI is InChI=1S/C13H13BrN2/c1-10-11(3-2-8-15-10)9-16-13-6-4-12(14)5-7-13/h2-8,16H,9H2,1H3. The van der Waals surface area contributed by atoms with Gasteiger partial charge in [0.25, 0.3) is 0 Å². The molecule has 2 nitrogen and oxygen atoms in total. The Morgan fingerprint density at radius 1 is 1.19 bits per heavy atom. The molecular formula is C13H13BrN2. The number of halogens is 1. The van der Waals surface area contributed by atoms with Crippen molar-refractivity contribution in [2.45, 2.75) is 13.5 Å². The second-order valence-corrected chi connectivity index (χ2v) is 4.52. The van der Waals surface area contributed by atoms with Crippen molar-refractivity contribution in [2.75, 3.05) is 5.32 Å². The van der Waals surface area contributed by atoms with E-state index in [9.17, 15) is 0 Å². The number of aromatic nitrogens is 1. The molecule has 0 radical (unpaired) electrons. The van der Waals surface area contributed by atoms with E-state index in [1.165, 1.54) is 5.56 Å². The largest absolute Gasteiger partial charge is 0.381 e. The molecule has 1 aromatic carbocycles. The minimum atomic E-state index is 0.807. The minimum Gasteiger partial charge on any atom is -0.381 e. The summed E-state index contributed by atoms with van der Waals surface area (Å²) < 4.78 is 1.09. The van der Waals surface area contributed by atoms with Crippen LogP contribution in [0.1, 0.15) is 11.3 Å². The lowest BCUT2D eigenvalue weighted by Gasteiger charge is -2.08. The first-order chi connectivity index (χ1) is 7.75. The molecule has 1 N–H and O–H groups in total. The van der Waals surface area contributed by atoms with Gasteiger partial charge >= 0.3 is 0 Å². The number of nitrogens with zero attached hydrogens (tertiary/aromatic N) is 1. The highest BCUT2D eigenvalue weighted by atomic mass is 79.9. The van der Waals surface area contributed by atoms with Crippen LogP contribution in [0.2, 0.25) is 0 Å². The van der Waals surface area contributed by atoms with Crippen molar-refractivity contribution in [1.82, 2.24) is 4.98 Å². The molecule has 16 heavy (non-hydrogen) atoms. The number of aryl methyl sites for hydroxylation is 1. The zero-order chi connectivity index (χ0) is 11.4. The highest BCUT2D eigenvalue weighted by Gasteiger charge is 1.98. The number of nitrogens with one attached hydrogen (secondary N) is 1. The summed E-state index contributed by atoms with van der Waals surface area (Å²) in [6, 6.07) is 12.2. The first-order valence-corrected chi connectivity index (χ1v) is 5.95. The Morgan fingerprint density at radius 3 is 2.62 bits per heavy atom. The molecule has 0 fully saturated rings. The third kappa shape index (κ3) is 2.83. The Balaban J connectivity index is 2.02. The van der Waals surface area contributed by atoms with E-state index in [0.717, 1.165) is 22.4 Å². The van der Waals surface area contributed by atoms with Crippen LogP contribution in [-0.2, 0) is 6.54 Å². The molecule has 0 spiro atoms. The Bertz CT molecular complexity index is 466. The number of hydrogen-bond donors (Lipinski definition) is 1. The van der Waals surface area contributed by atoms with E-state index in [1.54, 1.807) is 0 Å². The van der Waals surface area contributed by atoms with Gasteiger partial charge in [0.15, 0.2) is 0 Å². The average Bonchev–Trinajstić information content (AvgIpc) is 2.30. The summed E-state index contributed by atoms with van der Waals surface area (Å²) in [5.74, 6) is 0. The lowest BCUT2D eigenvalue weighted by Crippen LogP contribution is -2.01. The van der Waals surface area contributed by atoms with Gasteiger partial charge in [-0.1, -0.05) is 22.0 Å². The molecule has 1 aromatic heterocycles. The van der Waals surface area contributed by atoms with E-state index in [-0.39, 0.29) is 0 Å². The number of rotatable bonds is 3. The van der Waals surface area contributed by atoms with Gasteiger partial charge in [0, 0.05) is 28.6 Å². The molecule has 0 bridgehead atoms. The number of benzene rings is 1. The second kappa shape index (κ2) is 5.12. The van der Waals surface area contributed by atoms with Crippen molar-refractivity contribution in [3.05, 3.63) is 58.3 Å². The third-order valence-corrected chi connectivity index (χ3v) is 2.97. The van der Waals surface area contributed by atoms with Crippen molar-refractivity contribution in [1.29, 1.82) is 0 Å². The molecule has 0 saturated heterocycles. The van der Waals surface area contributed by atoms with E-state index in [2.05, 4.69) is 44.4 Å². The minimum absolute atomic E-state index is 0.807. The number of hydrogen-bond acceptors (Lipinski definition) is 2. The predicted octanol–water partition coefficient (Wildman–Crippen LogP) is 3.76. The molecule has 0 amide bonds. The quantitative estimate of drug-likeness (QED) is 0.923. The molecule has 0 aliphatic heterocycles.